The highest BCUT2D eigenvalue weighted by atomic mass is 16.5. The summed E-state index contributed by atoms with van der Waals surface area (Å²) in [7, 11) is 1.61. The van der Waals surface area contributed by atoms with E-state index in [2.05, 4.69) is 6.08 Å². The minimum Gasteiger partial charge on any atom is -0.497 e. The molecule has 0 atom stereocenters. The van der Waals surface area contributed by atoms with Crippen LogP contribution >= 0.6 is 0 Å². The maximum Gasteiger partial charge on any atom is 0.257 e. The second-order valence-corrected chi connectivity index (χ2v) is 8.09. The summed E-state index contributed by atoms with van der Waals surface area (Å²) in [6.07, 6.45) is 8.74. The van der Waals surface area contributed by atoms with E-state index in [9.17, 15) is 9.59 Å². The second kappa shape index (κ2) is 8.89. The number of carbonyl (C=O) groups is 2. The van der Waals surface area contributed by atoms with Gasteiger partial charge in [0.15, 0.2) is 0 Å². The molecule has 0 aromatic heterocycles. The summed E-state index contributed by atoms with van der Waals surface area (Å²) in [4.78, 5) is 29.4. The molecule has 0 spiro atoms. The zero-order valence-corrected chi connectivity index (χ0v) is 17.2. The molecule has 0 unspecified atom stereocenters. The van der Waals surface area contributed by atoms with Crippen LogP contribution in [0.5, 0.6) is 11.5 Å². The predicted octanol–water partition coefficient (Wildman–Crippen LogP) is 3.41. The molecule has 4 rings (SSSR count). The maximum atomic E-state index is 12.9. The lowest BCUT2D eigenvalue weighted by atomic mass is 10.1. The number of ether oxygens (including phenoxy) is 2. The first-order chi connectivity index (χ1) is 14.2. The van der Waals surface area contributed by atoms with E-state index in [4.69, 9.17) is 9.47 Å². The Hall–Kier alpha value is -2.50. The molecule has 2 saturated heterocycles. The second-order valence-electron chi connectivity index (χ2n) is 8.09. The highest BCUT2D eigenvalue weighted by Crippen LogP contribution is 2.30. The first-order valence-electron chi connectivity index (χ1n) is 10.8. The summed E-state index contributed by atoms with van der Waals surface area (Å²) in [5, 5.41) is 0. The Bertz CT molecular complexity index is 790. The fourth-order valence-electron chi connectivity index (χ4n) is 4.42. The van der Waals surface area contributed by atoms with E-state index in [-0.39, 0.29) is 17.9 Å². The summed E-state index contributed by atoms with van der Waals surface area (Å²) in [6, 6.07) is 5.43. The van der Waals surface area contributed by atoms with E-state index < -0.39 is 0 Å². The van der Waals surface area contributed by atoms with E-state index in [1.807, 2.05) is 21.9 Å². The third-order valence-corrected chi connectivity index (χ3v) is 6.15. The smallest absolute Gasteiger partial charge is 0.257 e. The molecular weight excluding hydrogens is 368 g/mol. The lowest BCUT2D eigenvalue weighted by Crippen LogP contribution is -2.42. The molecule has 6 nitrogen and oxygen atoms in total. The van der Waals surface area contributed by atoms with Crippen LogP contribution in [-0.4, -0.2) is 61.0 Å². The van der Waals surface area contributed by atoms with Gasteiger partial charge < -0.3 is 19.3 Å². The Morgan fingerprint density at radius 3 is 2.34 bits per heavy atom. The van der Waals surface area contributed by atoms with Crippen molar-refractivity contribution in [1.82, 2.24) is 9.80 Å². The summed E-state index contributed by atoms with van der Waals surface area (Å²) in [5.41, 5.74) is 1.57. The quantitative estimate of drug-likeness (QED) is 0.763. The van der Waals surface area contributed by atoms with Gasteiger partial charge in [-0.2, -0.15) is 0 Å². The zero-order chi connectivity index (χ0) is 20.2. The molecule has 0 bridgehead atoms. The Balaban J connectivity index is 1.42. The van der Waals surface area contributed by atoms with Crippen molar-refractivity contribution in [2.75, 3.05) is 33.3 Å². The number of nitrogens with zero attached hydrogens (tertiary/aromatic N) is 2. The van der Waals surface area contributed by atoms with E-state index in [1.165, 1.54) is 0 Å². The fourth-order valence-corrected chi connectivity index (χ4v) is 4.42. The summed E-state index contributed by atoms with van der Waals surface area (Å²) in [6.45, 7) is 3.00. The third-order valence-electron chi connectivity index (χ3n) is 6.15. The molecule has 2 amide bonds. The number of amides is 2. The van der Waals surface area contributed by atoms with E-state index in [0.717, 1.165) is 63.6 Å². The zero-order valence-electron chi connectivity index (χ0n) is 17.2. The van der Waals surface area contributed by atoms with Crippen LogP contribution in [0.2, 0.25) is 0 Å². The highest BCUT2D eigenvalue weighted by Gasteiger charge is 2.28. The molecule has 0 N–H and O–H groups in total. The average Bonchev–Trinajstić information content (AvgIpc) is 3.47. The van der Waals surface area contributed by atoms with Gasteiger partial charge in [-0.15, -0.1) is 0 Å². The average molecular weight is 399 g/mol. The lowest BCUT2D eigenvalue weighted by molar-refractivity contribution is -0.129. The van der Waals surface area contributed by atoms with Crippen LogP contribution in [0, 0.1) is 0 Å². The van der Waals surface area contributed by atoms with Crippen molar-refractivity contribution in [3.05, 3.63) is 35.4 Å². The van der Waals surface area contributed by atoms with Crippen LogP contribution in [-0.2, 0) is 4.79 Å². The molecule has 3 aliphatic rings. The molecule has 1 aromatic carbocycles. The fraction of sp³-hybridized carbons (Fsp3) is 0.565. The molecule has 1 aliphatic carbocycles. The molecular formula is C23H30N2O4. The van der Waals surface area contributed by atoms with Crippen LogP contribution < -0.4 is 9.47 Å². The van der Waals surface area contributed by atoms with Gasteiger partial charge in [-0.3, -0.25) is 9.59 Å². The number of likely N-dealkylation sites (tertiary alicyclic amines) is 2. The normalized spacial score (nSPS) is 20.0. The van der Waals surface area contributed by atoms with E-state index >= 15 is 0 Å². The van der Waals surface area contributed by atoms with Crippen LogP contribution in [0.4, 0.5) is 0 Å². The Morgan fingerprint density at radius 1 is 0.966 bits per heavy atom. The molecule has 1 aromatic rings. The minimum absolute atomic E-state index is 0.00570. The molecule has 156 valence electrons. The topological polar surface area (TPSA) is 59.1 Å². The molecule has 0 saturated carbocycles. The van der Waals surface area contributed by atoms with Gasteiger partial charge in [-0.1, -0.05) is 6.08 Å². The SMILES string of the molecule is COc1ccc(C(=O)N2CCCC2)c(OC2CCN(C(=O)C3=CCCC3)CC2)c1. The van der Waals surface area contributed by atoms with Crippen molar-refractivity contribution in [3.63, 3.8) is 0 Å². The number of hydrogen-bond donors (Lipinski definition) is 0. The van der Waals surface area contributed by atoms with Gasteiger partial charge in [0.25, 0.3) is 5.91 Å². The van der Waals surface area contributed by atoms with Crippen LogP contribution in [0.3, 0.4) is 0 Å². The minimum atomic E-state index is -0.00570. The number of rotatable bonds is 5. The Morgan fingerprint density at radius 2 is 1.69 bits per heavy atom. The summed E-state index contributed by atoms with van der Waals surface area (Å²) < 4.78 is 11.6. The number of hydrogen-bond acceptors (Lipinski definition) is 4. The monoisotopic (exact) mass is 398 g/mol. The maximum absolute atomic E-state index is 12.9. The van der Waals surface area contributed by atoms with Gasteiger partial charge in [0.2, 0.25) is 5.91 Å². The van der Waals surface area contributed by atoms with Crippen LogP contribution in [0.15, 0.2) is 29.8 Å². The molecule has 2 fully saturated rings. The highest BCUT2D eigenvalue weighted by molar-refractivity contribution is 5.97. The Kier molecular flexibility index (Phi) is 6.07. The van der Waals surface area contributed by atoms with Crippen molar-refractivity contribution in [3.8, 4) is 11.5 Å². The number of methoxy groups -OCH3 is 1. The van der Waals surface area contributed by atoms with Gasteiger partial charge >= 0.3 is 0 Å². The van der Waals surface area contributed by atoms with Gasteiger partial charge in [0.1, 0.15) is 17.6 Å². The first kappa shape index (κ1) is 19.8. The number of allylic oxidation sites excluding steroid dienone is 1. The number of benzene rings is 1. The molecule has 29 heavy (non-hydrogen) atoms. The standard InChI is InChI=1S/C23H30N2O4/c1-28-19-8-9-20(23(27)24-12-4-5-13-24)21(16-19)29-18-10-14-25(15-11-18)22(26)17-6-2-3-7-17/h6,8-9,16,18H,2-5,7,10-15H2,1H3. The summed E-state index contributed by atoms with van der Waals surface area (Å²) >= 11 is 0. The first-order valence-corrected chi connectivity index (χ1v) is 10.8. The third kappa shape index (κ3) is 4.41. The van der Waals surface area contributed by atoms with Crippen molar-refractivity contribution in [2.45, 2.75) is 51.0 Å². The van der Waals surface area contributed by atoms with Gasteiger partial charge in [-0.05, 0) is 44.2 Å². The van der Waals surface area contributed by atoms with Crippen molar-refractivity contribution in [2.24, 2.45) is 0 Å². The number of piperidine rings is 1. The molecule has 2 aliphatic heterocycles. The van der Waals surface area contributed by atoms with E-state index in [1.54, 1.807) is 13.2 Å². The van der Waals surface area contributed by atoms with Crippen molar-refractivity contribution >= 4 is 11.8 Å². The van der Waals surface area contributed by atoms with Gasteiger partial charge in [0.05, 0.1) is 12.7 Å². The van der Waals surface area contributed by atoms with E-state index in [0.29, 0.717) is 30.2 Å². The van der Waals surface area contributed by atoms with Crippen LogP contribution in [0.25, 0.3) is 0 Å². The number of carbonyl (C=O) groups excluding carboxylic acids is 2. The predicted molar refractivity (Wildman–Crippen MR) is 110 cm³/mol. The summed E-state index contributed by atoms with van der Waals surface area (Å²) in [5.74, 6) is 1.48. The Labute approximate surface area is 172 Å². The van der Waals surface area contributed by atoms with Gasteiger partial charge in [0, 0.05) is 50.7 Å². The van der Waals surface area contributed by atoms with Crippen molar-refractivity contribution in [1.29, 1.82) is 0 Å². The molecule has 2 heterocycles. The molecule has 0 radical (unpaired) electrons. The van der Waals surface area contributed by atoms with Crippen LogP contribution in [0.1, 0.15) is 55.3 Å². The largest absolute Gasteiger partial charge is 0.497 e. The lowest BCUT2D eigenvalue weighted by Gasteiger charge is -2.33. The van der Waals surface area contributed by atoms with Gasteiger partial charge in [-0.25, -0.2) is 0 Å². The molecule has 6 heteroatoms. The van der Waals surface area contributed by atoms with Crippen molar-refractivity contribution < 1.29 is 19.1 Å².